The number of amides is 1. The molecule has 0 atom stereocenters. The fraction of sp³-hybridized carbons (Fsp3) is 0. The van der Waals surface area contributed by atoms with Crippen LogP contribution in [0.15, 0.2) is 36.7 Å². The molecule has 0 bridgehead atoms. The summed E-state index contributed by atoms with van der Waals surface area (Å²) in [6.45, 7) is 0. The minimum absolute atomic E-state index is 0.229. The van der Waals surface area contributed by atoms with Crippen LogP contribution in [-0.4, -0.2) is 26.1 Å². The van der Waals surface area contributed by atoms with Crippen molar-refractivity contribution in [2.45, 2.75) is 0 Å². The first-order chi connectivity index (χ1) is 9.24. The number of benzene rings is 1. The third kappa shape index (κ3) is 2.08. The van der Waals surface area contributed by atoms with E-state index in [2.05, 4.69) is 25.5 Å². The highest BCUT2D eigenvalue weighted by atomic mass is 16.2. The van der Waals surface area contributed by atoms with Gasteiger partial charge in [-0.1, -0.05) is 0 Å². The number of nitrogen functional groups attached to an aromatic ring is 1. The molecule has 0 aliphatic rings. The van der Waals surface area contributed by atoms with E-state index >= 15 is 0 Å². The fourth-order valence-corrected chi connectivity index (χ4v) is 1.73. The van der Waals surface area contributed by atoms with Crippen molar-refractivity contribution in [1.29, 1.82) is 0 Å². The SMILES string of the molecule is Nc1ccc2[nH]nc(C(=O)Nc3ncccn3)c2c1. The second kappa shape index (κ2) is 4.37. The molecule has 7 heteroatoms. The lowest BCUT2D eigenvalue weighted by Gasteiger charge is -2.00. The van der Waals surface area contributed by atoms with Gasteiger partial charge in [0.05, 0.1) is 5.52 Å². The van der Waals surface area contributed by atoms with Crippen molar-refractivity contribution in [3.8, 4) is 0 Å². The maximum absolute atomic E-state index is 12.1. The number of nitrogens with zero attached hydrogens (tertiary/aromatic N) is 3. The van der Waals surface area contributed by atoms with E-state index in [-0.39, 0.29) is 17.5 Å². The fourth-order valence-electron chi connectivity index (χ4n) is 1.73. The summed E-state index contributed by atoms with van der Waals surface area (Å²) in [6, 6.07) is 6.87. The number of carbonyl (C=O) groups excluding carboxylic acids is 1. The van der Waals surface area contributed by atoms with Crippen molar-refractivity contribution in [2.75, 3.05) is 11.1 Å². The summed E-state index contributed by atoms with van der Waals surface area (Å²) in [5.41, 5.74) is 7.28. The molecule has 0 radical (unpaired) electrons. The highest BCUT2D eigenvalue weighted by molar-refractivity contribution is 6.10. The van der Waals surface area contributed by atoms with Gasteiger partial charge in [0.2, 0.25) is 5.95 Å². The lowest BCUT2D eigenvalue weighted by atomic mass is 10.2. The summed E-state index contributed by atoms with van der Waals surface area (Å²) in [5.74, 6) is -0.157. The van der Waals surface area contributed by atoms with Gasteiger partial charge in [0, 0.05) is 23.5 Å². The quantitative estimate of drug-likeness (QED) is 0.595. The molecule has 0 aliphatic carbocycles. The summed E-state index contributed by atoms with van der Waals surface area (Å²) in [7, 11) is 0. The molecule has 0 aliphatic heterocycles. The van der Waals surface area contributed by atoms with Crippen molar-refractivity contribution in [1.82, 2.24) is 20.2 Å². The zero-order chi connectivity index (χ0) is 13.2. The molecule has 19 heavy (non-hydrogen) atoms. The largest absolute Gasteiger partial charge is 0.399 e. The van der Waals surface area contributed by atoms with E-state index < -0.39 is 0 Å². The van der Waals surface area contributed by atoms with Crippen LogP contribution in [0, 0.1) is 0 Å². The number of hydrogen-bond donors (Lipinski definition) is 3. The summed E-state index contributed by atoms with van der Waals surface area (Å²) >= 11 is 0. The summed E-state index contributed by atoms with van der Waals surface area (Å²) in [6.07, 6.45) is 3.09. The number of anilines is 2. The molecule has 1 amide bonds. The van der Waals surface area contributed by atoms with Crippen LogP contribution in [-0.2, 0) is 0 Å². The number of H-pyrrole nitrogens is 1. The van der Waals surface area contributed by atoms with Gasteiger partial charge in [-0.25, -0.2) is 9.97 Å². The molecular formula is C12H10N6O. The van der Waals surface area contributed by atoms with Gasteiger partial charge in [-0.2, -0.15) is 5.10 Å². The molecule has 0 fully saturated rings. The Hall–Kier alpha value is -2.96. The standard InChI is InChI=1S/C12H10N6O/c13-7-2-3-9-8(6-7)10(18-17-9)11(19)16-12-14-4-1-5-15-12/h1-6H,13H2,(H,17,18)(H,14,15,16,19). The topological polar surface area (TPSA) is 110 Å². The number of rotatable bonds is 2. The summed E-state index contributed by atoms with van der Waals surface area (Å²) in [4.78, 5) is 19.9. The molecule has 0 unspecified atom stereocenters. The summed E-state index contributed by atoms with van der Waals surface area (Å²) in [5, 5.41) is 9.99. The Bertz CT molecular complexity index is 736. The molecule has 0 saturated heterocycles. The first kappa shape index (κ1) is 11.1. The van der Waals surface area contributed by atoms with Gasteiger partial charge in [-0.15, -0.1) is 0 Å². The zero-order valence-electron chi connectivity index (χ0n) is 9.79. The maximum Gasteiger partial charge on any atom is 0.279 e. The van der Waals surface area contributed by atoms with Crippen LogP contribution in [0.25, 0.3) is 10.9 Å². The molecule has 7 nitrogen and oxygen atoms in total. The second-order valence-corrected chi connectivity index (χ2v) is 3.90. The zero-order valence-corrected chi connectivity index (χ0v) is 9.79. The van der Waals surface area contributed by atoms with Crippen LogP contribution in [0.5, 0.6) is 0 Å². The minimum Gasteiger partial charge on any atom is -0.399 e. The Kier molecular flexibility index (Phi) is 2.57. The molecule has 2 heterocycles. The third-order valence-corrected chi connectivity index (χ3v) is 2.59. The molecule has 2 aromatic heterocycles. The van der Waals surface area contributed by atoms with Gasteiger partial charge in [-0.05, 0) is 24.3 Å². The van der Waals surface area contributed by atoms with Gasteiger partial charge < -0.3 is 5.73 Å². The monoisotopic (exact) mass is 254 g/mol. The number of nitrogens with two attached hydrogens (primary N) is 1. The molecule has 94 valence electrons. The van der Waals surface area contributed by atoms with Gasteiger partial charge in [0.1, 0.15) is 0 Å². The highest BCUT2D eigenvalue weighted by Crippen LogP contribution is 2.19. The first-order valence-electron chi connectivity index (χ1n) is 5.56. The van der Waals surface area contributed by atoms with Gasteiger partial charge >= 0.3 is 0 Å². The lowest BCUT2D eigenvalue weighted by Crippen LogP contribution is -2.14. The molecule has 4 N–H and O–H groups in total. The van der Waals surface area contributed by atoms with E-state index in [1.807, 2.05) is 0 Å². The van der Waals surface area contributed by atoms with Gasteiger partial charge in [0.15, 0.2) is 5.69 Å². The Balaban J connectivity index is 1.96. The third-order valence-electron chi connectivity index (χ3n) is 2.59. The number of aromatic nitrogens is 4. The molecule has 1 aromatic carbocycles. The molecule has 0 spiro atoms. The van der Waals surface area contributed by atoms with Crippen molar-refractivity contribution in [2.24, 2.45) is 0 Å². The van der Waals surface area contributed by atoms with E-state index in [0.717, 1.165) is 5.52 Å². The Morgan fingerprint density at radius 3 is 2.84 bits per heavy atom. The van der Waals surface area contributed by atoms with Crippen LogP contribution in [0.4, 0.5) is 11.6 Å². The van der Waals surface area contributed by atoms with E-state index in [1.165, 1.54) is 0 Å². The Morgan fingerprint density at radius 2 is 2.05 bits per heavy atom. The molecule has 3 rings (SSSR count). The predicted molar refractivity (Wildman–Crippen MR) is 70.5 cm³/mol. The molecule has 0 saturated carbocycles. The molecule has 3 aromatic rings. The second-order valence-electron chi connectivity index (χ2n) is 3.90. The summed E-state index contributed by atoms with van der Waals surface area (Å²) < 4.78 is 0. The van der Waals surface area contributed by atoms with Crippen molar-refractivity contribution >= 4 is 28.4 Å². The van der Waals surface area contributed by atoms with Gasteiger partial charge in [0.25, 0.3) is 5.91 Å². The Morgan fingerprint density at radius 1 is 1.26 bits per heavy atom. The van der Waals surface area contributed by atoms with Crippen LogP contribution < -0.4 is 11.1 Å². The van der Waals surface area contributed by atoms with E-state index in [9.17, 15) is 4.79 Å². The van der Waals surface area contributed by atoms with Crippen LogP contribution in [0.1, 0.15) is 10.5 Å². The van der Waals surface area contributed by atoms with E-state index in [0.29, 0.717) is 11.1 Å². The lowest BCUT2D eigenvalue weighted by molar-refractivity contribution is 0.102. The van der Waals surface area contributed by atoms with Crippen LogP contribution in [0.2, 0.25) is 0 Å². The average Bonchev–Trinajstić information content (AvgIpc) is 2.82. The van der Waals surface area contributed by atoms with E-state index in [4.69, 9.17) is 5.73 Å². The van der Waals surface area contributed by atoms with Crippen molar-refractivity contribution in [3.05, 3.63) is 42.4 Å². The number of carbonyl (C=O) groups is 1. The normalized spacial score (nSPS) is 10.5. The maximum atomic E-state index is 12.1. The number of aromatic amines is 1. The number of fused-ring (bicyclic) bond motifs is 1. The first-order valence-corrected chi connectivity index (χ1v) is 5.56. The number of nitrogens with one attached hydrogen (secondary N) is 2. The number of hydrogen-bond acceptors (Lipinski definition) is 5. The van der Waals surface area contributed by atoms with Crippen LogP contribution in [0.3, 0.4) is 0 Å². The van der Waals surface area contributed by atoms with Crippen LogP contribution >= 0.6 is 0 Å². The van der Waals surface area contributed by atoms with Crippen molar-refractivity contribution < 1.29 is 4.79 Å². The molecular weight excluding hydrogens is 244 g/mol. The van der Waals surface area contributed by atoms with Crippen molar-refractivity contribution in [3.63, 3.8) is 0 Å². The Labute approximate surface area is 107 Å². The predicted octanol–water partition coefficient (Wildman–Crippen LogP) is 1.19. The average molecular weight is 254 g/mol. The highest BCUT2D eigenvalue weighted by Gasteiger charge is 2.15. The smallest absolute Gasteiger partial charge is 0.279 e. The minimum atomic E-state index is -0.386. The van der Waals surface area contributed by atoms with E-state index in [1.54, 1.807) is 36.7 Å². The van der Waals surface area contributed by atoms with Gasteiger partial charge in [-0.3, -0.25) is 15.2 Å².